The lowest BCUT2D eigenvalue weighted by molar-refractivity contribution is 0.469. The number of H-pyrrole nitrogens is 1. The molecule has 3 aromatic rings. The summed E-state index contributed by atoms with van der Waals surface area (Å²) in [6, 6.07) is 13.3. The summed E-state index contributed by atoms with van der Waals surface area (Å²) in [4.78, 5) is 7.07. The average molecular weight is 300 g/mol. The molecule has 2 aromatic carbocycles. The van der Waals surface area contributed by atoms with Crippen LogP contribution in [0.25, 0.3) is 11.3 Å². The van der Waals surface area contributed by atoms with Crippen molar-refractivity contribution in [2.45, 2.75) is 6.54 Å². The highest BCUT2D eigenvalue weighted by Gasteiger charge is 2.05. The quantitative estimate of drug-likeness (QED) is 0.681. The molecule has 0 radical (unpaired) electrons. The molecule has 0 amide bonds. The standard InChI is InChI=1S/C16H14ClN3O/c17-14-3-1-2-12(16(14)21)8-19-13-6-4-11(5-7-13)15-9-18-10-20-15/h1-7,9-10,19,21H,8H2,(H,18,20). The molecular weight excluding hydrogens is 286 g/mol. The minimum absolute atomic E-state index is 0.126. The first-order valence-electron chi connectivity index (χ1n) is 6.53. The van der Waals surface area contributed by atoms with Gasteiger partial charge in [0.05, 0.1) is 23.2 Å². The van der Waals surface area contributed by atoms with Gasteiger partial charge >= 0.3 is 0 Å². The molecule has 0 unspecified atom stereocenters. The van der Waals surface area contributed by atoms with Crippen molar-refractivity contribution in [1.82, 2.24) is 9.97 Å². The first-order valence-corrected chi connectivity index (χ1v) is 6.91. The Balaban J connectivity index is 1.70. The van der Waals surface area contributed by atoms with Crippen molar-refractivity contribution < 1.29 is 5.11 Å². The Morgan fingerprint density at radius 2 is 1.95 bits per heavy atom. The summed E-state index contributed by atoms with van der Waals surface area (Å²) in [7, 11) is 0. The number of halogens is 1. The van der Waals surface area contributed by atoms with Crippen LogP contribution in [0.3, 0.4) is 0 Å². The number of benzene rings is 2. The highest BCUT2D eigenvalue weighted by molar-refractivity contribution is 6.32. The van der Waals surface area contributed by atoms with Gasteiger partial charge in [-0.05, 0) is 23.8 Å². The highest BCUT2D eigenvalue weighted by Crippen LogP contribution is 2.27. The van der Waals surface area contributed by atoms with Crippen molar-refractivity contribution in [2.24, 2.45) is 0 Å². The fourth-order valence-corrected chi connectivity index (χ4v) is 2.28. The van der Waals surface area contributed by atoms with Crippen molar-refractivity contribution in [2.75, 3.05) is 5.32 Å². The lowest BCUT2D eigenvalue weighted by Crippen LogP contribution is -1.99. The number of hydrogen-bond donors (Lipinski definition) is 3. The maximum atomic E-state index is 9.86. The summed E-state index contributed by atoms with van der Waals surface area (Å²) in [6.07, 6.45) is 3.44. The zero-order chi connectivity index (χ0) is 14.7. The summed E-state index contributed by atoms with van der Waals surface area (Å²) in [5, 5.41) is 13.5. The number of para-hydroxylation sites is 1. The van der Waals surface area contributed by atoms with E-state index in [2.05, 4.69) is 15.3 Å². The third kappa shape index (κ3) is 3.01. The molecule has 5 heteroatoms. The molecule has 0 atom stereocenters. The second-order valence-electron chi connectivity index (χ2n) is 4.64. The van der Waals surface area contributed by atoms with Crippen molar-refractivity contribution in [3.05, 3.63) is 65.6 Å². The van der Waals surface area contributed by atoms with Crippen LogP contribution in [0.2, 0.25) is 5.02 Å². The number of nitrogens with one attached hydrogen (secondary N) is 2. The van der Waals surface area contributed by atoms with Gasteiger partial charge in [-0.25, -0.2) is 4.98 Å². The van der Waals surface area contributed by atoms with Crippen LogP contribution in [0.1, 0.15) is 5.56 Å². The van der Waals surface area contributed by atoms with Crippen LogP contribution in [0.5, 0.6) is 5.75 Å². The Morgan fingerprint density at radius 3 is 2.67 bits per heavy atom. The normalized spacial score (nSPS) is 10.5. The monoisotopic (exact) mass is 299 g/mol. The maximum absolute atomic E-state index is 9.86. The van der Waals surface area contributed by atoms with Crippen molar-refractivity contribution in [3.63, 3.8) is 0 Å². The second-order valence-corrected chi connectivity index (χ2v) is 5.05. The van der Waals surface area contributed by atoms with Gasteiger partial charge in [0.25, 0.3) is 0 Å². The van der Waals surface area contributed by atoms with Gasteiger partial charge in [-0.2, -0.15) is 0 Å². The maximum Gasteiger partial charge on any atom is 0.139 e. The van der Waals surface area contributed by atoms with Crippen LogP contribution in [-0.4, -0.2) is 15.1 Å². The van der Waals surface area contributed by atoms with Gasteiger partial charge in [0.15, 0.2) is 0 Å². The van der Waals surface area contributed by atoms with E-state index in [1.165, 1.54) is 0 Å². The van der Waals surface area contributed by atoms with Gasteiger partial charge in [0.1, 0.15) is 5.75 Å². The van der Waals surface area contributed by atoms with E-state index >= 15 is 0 Å². The topological polar surface area (TPSA) is 60.9 Å². The van der Waals surface area contributed by atoms with Crippen LogP contribution in [0.15, 0.2) is 55.0 Å². The lowest BCUT2D eigenvalue weighted by Gasteiger charge is -2.09. The average Bonchev–Trinajstić information content (AvgIpc) is 3.04. The van der Waals surface area contributed by atoms with Crippen molar-refractivity contribution in [3.8, 4) is 17.0 Å². The largest absolute Gasteiger partial charge is 0.506 e. The van der Waals surface area contributed by atoms with Crippen LogP contribution in [0.4, 0.5) is 5.69 Å². The molecule has 0 aliphatic rings. The highest BCUT2D eigenvalue weighted by atomic mass is 35.5. The lowest BCUT2D eigenvalue weighted by atomic mass is 10.1. The van der Waals surface area contributed by atoms with Crippen molar-refractivity contribution >= 4 is 17.3 Å². The van der Waals surface area contributed by atoms with E-state index in [-0.39, 0.29) is 5.75 Å². The van der Waals surface area contributed by atoms with E-state index in [1.807, 2.05) is 36.4 Å². The third-order valence-electron chi connectivity index (χ3n) is 3.25. The zero-order valence-corrected chi connectivity index (χ0v) is 11.9. The second kappa shape index (κ2) is 5.89. The number of anilines is 1. The van der Waals surface area contributed by atoms with Crippen LogP contribution < -0.4 is 5.32 Å². The molecule has 0 bridgehead atoms. The number of phenolic OH excluding ortho intramolecular Hbond substituents is 1. The molecule has 1 heterocycles. The fraction of sp³-hybridized carbons (Fsp3) is 0.0625. The summed E-state index contributed by atoms with van der Waals surface area (Å²) in [6.45, 7) is 0.510. The first kappa shape index (κ1) is 13.5. The Morgan fingerprint density at radius 1 is 1.14 bits per heavy atom. The number of aromatic nitrogens is 2. The first-order chi connectivity index (χ1) is 10.2. The Bertz CT molecular complexity index is 724. The van der Waals surface area contributed by atoms with E-state index in [4.69, 9.17) is 11.6 Å². The minimum atomic E-state index is 0.126. The molecule has 0 aliphatic carbocycles. The third-order valence-corrected chi connectivity index (χ3v) is 3.55. The van der Waals surface area contributed by atoms with Gasteiger partial charge in [-0.3, -0.25) is 0 Å². The van der Waals surface area contributed by atoms with Crippen LogP contribution in [0, 0.1) is 0 Å². The Hall–Kier alpha value is -2.46. The number of hydrogen-bond acceptors (Lipinski definition) is 3. The van der Waals surface area contributed by atoms with E-state index in [1.54, 1.807) is 18.6 Å². The molecule has 3 rings (SSSR count). The molecule has 0 saturated heterocycles. The number of imidazole rings is 1. The van der Waals surface area contributed by atoms with Crippen molar-refractivity contribution in [1.29, 1.82) is 0 Å². The number of aromatic amines is 1. The molecule has 21 heavy (non-hydrogen) atoms. The summed E-state index contributed by atoms with van der Waals surface area (Å²) in [5.74, 6) is 0.126. The van der Waals surface area contributed by atoms with Gasteiger partial charge in [-0.15, -0.1) is 0 Å². The summed E-state index contributed by atoms with van der Waals surface area (Å²) in [5.41, 5.74) is 3.79. The zero-order valence-electron chi connectivity index (χ0n) is 11.2. The molecule has 4 nitrogen and oxygen atoms in total. The van der Waals surface area contributed by atoms with Gasteiger partial charge in [-0.1, -0.05) is 35.9 Å². The number of aromatic hydroxyl groups is 1. The van der Waals surface area contributed by atoms with Gasteiger partial charge in [0.2, 0.25) is 0 Å². The SMILES string of the molecule is Oc1c(Cl)cccc1CNc1ccc(-c2cnc[nH]2)cc1. The van der Waals surface area contributed by atoms with E-state index in [0.717, 1.165) is 22.5 Å². The van der Waals surface area contributed by atoms with Crippen LogP contribution in [-0.2, 0) is 6.54 Å². The molecule has 1 aromatic heterocycles. The van der Waals surface area contributed by atoms with Crippen LogP contribution >= 0.6 is 11.6 Å². The number of rotatable bonds is 4. The van der Waals surface area contributed by atoms with E-state index in [9.17, 15) is 5.11 Å². The summed E-state index contributed by atoms with van der Waals surface area (Å²) >= 11 is 5.89. The molecule has 0 fully saturated rings. The number of phenols is 1. The molecular formula is C16H14ClN3O. The molecule has 0 saturated carbocycles. The molecule has 0 spiro atoms. The fourth-order valence-electron chi connectivity index (χ4n) is 2.08. The Labute approximate surface area is 127 Å². The van der Waals surface area contributed by atoms with Gasteiger partial charge in [0, 0.05) is 17.8 Å². The molecule has 106 valence electrons. The number of nitrogens with zero attached hydrogens (tertiary/aromatic N) is 1. The van der Waals surface area contributed by atoms with Gasteiger partial charge < -0.3 is 15.4 Å². The smallest absolute Gasteiger partial charge is 0.139 e. The molecule has 0 aliphatic heterocycles. The predicted molar refractivity (Wildman–Crippen MR) is 84.5 cm³/mol. The predicted octanol–water partition coefficient (Wildman–Crippen LogP) is 4.05. The minimum Gasteiger partial charge on any atom is -0.506 e. The van der Waals surface area contributed by atoms with E-state index in [0.29, 0.717) is 11.6 Å². The Kier molecular flexibility index (Phi) is 3.79. The molecule has 3 N–H and O–H groups in total. The summed E-state index contributed by atoms with van der Waals surface area (Å²) < 4.78 is 0. The van der Waals surface area contributed by atoms with E-state index < -0.39 is 0 Å².